The molecule has 5 nitrogen and oxygen atoms in total. The van der Waals surface area contributed by atoms with Gasteiger partial charge in [0.2, 0.25) is 0 Å². The van der Waals surface area contributed by atoms with Crippen molar-refractivity contribution in [2.75, 3.05) is 11.1 Å². The number of hydrogen-bond acceptors (Lipinski definition) is 5. The van der Waals surface area contributed by atoms with Crippen LogP contribution in [-0.4, -0.2) is 22.2 Å². The maximum absolute atomic E-state index is 9.64. The van der Waals surface area contributed by atoms with Gasteiger partial charge >= 0.3 is 0 Å². The van der Waals surface area contributed by atoms with Crippen molar-refractivity contribution < 1.29 is 5.11 Å². The van der Waals surface area contributed by atoms with E-state index >= 15 is 0 Å². The highest BCUT2D eigenvalue weighted by molar-refractivity contribution is 5.55. The van der Waals surface area contributed by atoms with Crippen molar-refractivity contribution in [2.24, 2.45) is 5.41 Å². The van der Waals surface area contributed by atoms with Gasteiger partial charge in [-0.1, -0.05) is 13.8 Å². The molecule has 0 aliphatic heterocycles. The Morgan fingerprint density at radius 2 is 2.29 bits per heavy atom. The van der Waals surface area contributed by atoms with Crippen molar-refractivity contribution in [2.45, 2.75) is 32.4 Å². The fraction of sp³-hybridized carbons (Fsp3) is 0.500. The predicted molar refractivity (Wildman–Crippen MR) is 65.2 cm³/mol. The molecule has 5 heteroatoms. The number of nitrogens with two attached hydrogens (primary N) is 1. The highest BCUT2D eigenvalue weighted by atomic mass is 16.3. The summed E-state index contributed by atoms with van der Waals surface area (Å²) >= 11 is 0. The van der Waals surface area contributed by atoms with Crippen molar-refractivity contribution >= 4 is 11.5 Å². The van der Waals surface area contributed by atoms with Gasteiger partial charge in [0, 0.05) is 11.5 Å². The topological polar surface area (TPSA) is 95.0 Å². The molecule has 1 aromatic rings. The number of anilines is 2. The monoisotopic (exact) mass is 232 g/mol. The molecule has 1 fully saturated rings. The van der Waals surface area contributed by atoms with Gasteiger partial charge in [0.25, 0.3) is 0 Å². The van der Waals surface area contributed by atoms with Gasteiger partial charge in [0.05, 0.1) is 11.8 Å². The molecule has 0 bridgehead atoms. The largest absolute Gasteiger partial charge is 0.396 e. The van der Waals surface area contributed by atoms with Crippen molar-refractivity contribution in [1.29, 1.82) is 5.26 Å². The highest BCUT2D eigenvalue weighted by Gasteiger charge is 2.47. The second-order valence-electron chi connectivity index (χ2n) is 5.02. The number of aromatic nitrogens is 1. The summed E-state index contributed by atoms with van der Waals surface area (Å²) in [7, 11) is 0. The molecule has 2 unspecified atom stereocenters. The first kappa shape index (κ1) is 11.7. The van der Waals surface area contributed by atoms with Crippen molar-refractivity contribution in [3.63, 3.8) is 0 Å². The zero-order valence-electron chi connectivity index (χ0n) is 9.94. The summed E-state index contributed by atoms with van der Waals surface area (Å²) in [6.07, 6.45) is 0.408. The molecular formula is C12H16N4O. The maximum atomic E-state index is 9.64. The van der Waals surface area contributed by atoms with Crippen molar-refractivity contribution in [1.82, 2.24) is 4.98 Å². The summed E-state index contributed by atoms with van der Waals surface area (Å²) in [5, 5.41) is 21.7. The van der Waals surface area contributed by atoms with Crippen molar-refractivity contribution in [3.8, 4) is 6.07 Å². The van der Waals surface area contributed by atoms with Gasteiger partial charge in [0.1, 0.15) is 11.9 Å². The van der Waals surface area contributed by atoms with E-state index in [4.69, 9.17) is 11.0 Å². The lowest BCUT2D eigenvalue weighted by Gasteiger charge is -2.49. The Morgan fingerprint density at radius 1 is 1.59 bits per heavy atom. The molecule has 2 rings (SSSR count). The zero-order valence-corrected chi connectivity index (χ0v) is 9.94. The summed E-state index contributed by atoms with van der Waals surface area (Å²) in [6, 6.07) is 5.53. The van der Waals surface area contributed by atoms with Crippen LogP contribution in [0.3, 0.4) is 0 Å². The lowest BCUT2D eigenvalue weighted by Crippen LogP contribution is -2.57. The number of hydrogen-bond donors (Lipinski definition) is 3. The molecule has 0 aromatic carbocycles. The van der Waals surface area contributed by atoms with Gasteiger partial charge in [-0.2, -0.15) is 5.26 Å². The minimum atomic E-state index is -0.288. The van der Waals surface area contributed by atoms with E-state index in [1.54, 1.807) is 12.1 Å². The van der Waals surface area contributed by atoms with E-state index in [1.165, 1.54) is 0 Å². The maximum Gasteiger partial charge on any atom is 0.165 e. The van der Waals surface area contributed by atoms with E-state index in [9.17, 15) is 5.11 Å². The first-order chi connectivity index (χ1) is 7.95. The molecule has 1 aromatic heterocycles. The standard InChI is InChI=1S/C12H16N4O/c1-12(2)9(5-10(12)17)16-11-4-3-7(14)8(6-13)15-11/h3-4,9-10,17H,5,14H2,1-2H3,(H,15,16). The summed E-state index contributed by atoms with van der Waals surface area (Å²) in [5.74, 6) is 0.626. The van der Waals surface area contributed by atoms with E-state index < -0.39 is 0 Å². The molecule has 1 aliphatic rings. The lowest BCUT2D eigenvalue weighted by atomic mass is 9.64. The average Bonchev–Trinajstić information content (AvgIpc) is 2.31. The Balaban J connectivity index is 2.13. The van der Waals surface area contributed by atoms with Crippen LogP contribution in [0.1, 0.15) is 26.0 Å². The Labute approximate surface area is 100 Å². The second kappa shape index (κ2) is 3.90. The SMILES string of the molecule is CC1(C)C(O)CC1Nc1ccc(N)c(C#N)n1. The molecule has 0 amide bonds. The first-order valence-electron chi connectivity index (χ1n) is 5.56. The number of aliphatic hydroxyl groups excluding tert-OH is 1. The average molecular weight is 232 g/mol. The van der Waals surface area contributed by atoms with Crippen LogP contribution in [0, 0.1) is 16.7 Å². The Morgan fingerprint density at radius 3 is 2.82 bits per heavy atom. The number of nitrogens with zero attached hydrogens (tertiary/aromatic N) is 2. The van der Waals surface area contributed by atoms with E-state index in [0.29, 0.717) is 17.9 Å². The molecule has 1 heterocycles. The van der Waals surface area contributed by atoms with Gasteiger partial charge in [-0.3, -0.25) is 0 Å². The second-order valence-corrected chi connectivity index (χ2v) is 5.02. The van der Waals surface area contributed by atoms with Crippen LogP contribution >= 0.6 is 0 Å². The molecule has 0 saturated heterocycles. The van der Waals surface area contributed by atoms with Gasteiger partial charge in [-0.05, 0) is 18.6 Å². The number of aliphatic hydroxyl groups is 1. The third kappa shape index (κ3) is 1.92. The summed E-state index contributed by atoms with van der Waals surface area (Å²) in [6.45, 7) is 4.00. The van der Waals surface area contributed by atoms with E-state index in [2.05, 4.69) is 10.3 Å². The van der Waals surface area contributed by atoms with Crippen LogP contribution in [0.4, 0.5) is 11.5 Å². The summed E-state index contributed by atoms with van der Waals surface area (Å²) < 4.78 is 0. The lowest BCUT2D eigenvalue weighted by molar-refractivity contribution is -0.0511. The zero-order chi connectivity index (χ0) is 12.6. The van der Waals surface area contributed by atoms with Crippen LogP contribution in [-0.2, 0) is 0 Å². The molecule has 17 heavy (non-hydrogen) atoms. The highest BCUT2D eigenvalue weighted by Crippen LogP contribution is 2.42. The Kier molecular flexibility index (Phi) is 2.68. The van der Waals surface area contributed by atoms with Gasteiger partial charge in [-0.25, -0.2) is 4.98 Å². The number of pyridine rings is 1. The summed E-state index contributed by atoms with van der Waals surface area (Å²) in [5.41, 5.74) is 6.04. The molecule has 4 N–H and O–H groups in total. The smallest absolute Gasteiger partial charge is 0.165 e. The molecule has 1 saturated carbocycles. The first-order valence-corrected chi connectivity index (χ1v) is 5.56. The van der Waals surface area contributed by atoms with E-state index in [0.717, 1.165) is 0 Å². The molecular weight excluding hydrogens is 216 g/mol. The van der Waals surface area contributed by atoms with Crippen LogP contribution < -0.4 is 11.1 Å². The normalized spacial score (nSPS) is 25.8. The fourth-order valence-corrected chi connectivity index (χ4v) is 1.97. The van der Waals surface area contributed by atoms with Crippen LogP contribution in [0.5, 0.6) is 0 Å². The van der Waals surface area contributed by atoms with Crippen LogP contribution in [0.2, 0.25) is 0 Å². The summed E-state index contributed by atoms with van der Waals surface area (Å²) in [4.78, 5) is 4.12. The quantitative estimate of drug-likeness (QED) is 0.710. The third-order valence-corrected chi connectivity index (χ3v) is 3.57. The Hall–Kier alpha value is -1.80. The van der Waals surface area contributed by atoms with E-state index in [-0.39, 0.29) is 23.3 Å². The molecule has 0 radical (unpaired) electrons. The number of nitrogens with one attached hydrogen (secondary N) is 1. The van der Waals surface area contributed by atoms with Crippen LogP contribution in [0.15, 0.2) is 12.1 Å². The molecule has 1 aliphatic carbocycles. The Bertz CT molecular complexity index is 478. The minimum absolute atomic E-state index is 0.167. The third-order valence-electron chi connectivity index (χ3n) is 3.57. The predicted octanol–water partition coefficient (Wildman–Crippen LogP) is 1.11. The van der Waals surface area contributed by atoms with Crippen molar-refractivity contribution in [3.05, 3.63) is 17.8 Å². The molecule has 0 spiro atoms. The molecule has 90 valence electrons. The fourth-order valence-electron chi connectivity index (χ4n) is 1.97. The van der Waals surface area contributed by atoms with E-state index in [1.807, 2.05) is 19.9 Å². The van der Waals surface area contributed by atoms with Gasteiger partial charge < -0.3 is 16.2 Å². The number of rotatable bonds is 2. The number of nitriles is 1. The van der Waals surface area contributed by atoms with Gasteiger partial charge in [-0.15, -0.1) is 0 Å². The van der Waals surface area contributed by atoms with Gasteiger partial charge in [0.15, 0.2) is 5.69 Å². The van der Waals surface area contributed by atoms with Crippen LogP contribution in [0.25, 0.3) is 0 Å². The molecule has 2 atom stereocenters. The minimum Gasteiger partial charge on any atom is -0.396 e. The number of nitrogen functional groups attached to an aromatic ring is 1.